The Bertz CT molecular complexity index is 703. The van der Waals surface area contributed by atoms with Crippen molar-refractivity contribution in [2.24, 2.45) is 0 Å². The highest BCUT2D eigenvalue weighted by Crippen LogP contribution is 2.43. The van der Waals surface area contributed by atoms with Gasteiger partial charge in [0, 0.05) is 5.54 Å². The highest BCUT2D eigenvalue weighted by Gasteiger charge is 2.36. The Hall–Kier alpha value is -1.02. The zero-order chi connectivity index (χ0) is 16.0. The van der Waals surface area contributed by atoms with Crippen molar-refractivity contribution >= 4 is 23.2 Å². The molecule has 1 aliphatic rings. The lowest BCUT2D eigenvalue weighted by Gasteiger charge is -2.36. The van der Waals surface area contributed by atoms with Gasteiger partial charge in [-0.3, -0.25) is 5.32 Å². The van der Waals surface area contributed by atoms with E-state index in [-0.39, 0.29) is 5.54 Å². The fourth-order valence-electron chi connectivity index (χ4n) is 3.30. The van der Waals surface area contributed by atoms with Crippen molar-refractivity contribution in [3.8, 4) is 11.1 Å². The van der Waals surface area contributed by atoms with Crippen LogP contribution in [0.1, 0.15) is 37.5 Å². The summed E-state index contributed by atoms with van der Waals surface area (Å²) < 4.78 is 0. The van der Waals surface area contributed by atoms with Crippen LogP contribution in [0.3, 0.4) is 0 Å². The smallest absolute Gasteiger partial charge is 0.133 e. The maximum atomic E-state index is 6.92. The van der Waals surface area contributed by atoms with Crippen LogP contribution in [-0.2, 0) is 11.4 Å². The fourth-order valence-corrected chi connectivity index (χ4v) is 3.97. The average molecular weight is 334 g/mol. The van der Waals surface area contributed by atoms with Crippen LogP contribution in [0.4, 0.5) is 0 Å². The van der Waals surface area contributed by atoms with Crippen molar-refractivity contribution < 1.29 is 0 Å². The topological polar surface area (TPSA) is 12.0 Å². The van der Waals surface area contributed by atoms with Gasteiger partial charge in [-0.1, -0.05) is 54.1 Å². The second-order valence-corrected chi connectivity index (χ2v) is 7.89. The third-order valence-electron chi connectivity index (χ3n) is 4.03. The zero-order valence-corrected chi connectivity index (χ0v) is 14.7. The summed E-state index contributed by atoms with van der Waals surface area (Å²) in [7, 11) is 0. The first-order chi connectivity index (χ1) is 10.3. The van der Waals surface area contributed by atoms with Crippen LogP contribution in [0.5, 0.6) is 0 Å². The summed E-state index contributed by atoms with van der Waals surface area (Å²) in [6.07, 6.45) is 0.916. The summed E-state index contributed by atoms with van der Waals surface area (Å²) >= 11 is 13.2. The molecule has 1 unspecified atom stereocenters. The molecule has 0 bridgehead atoms. The molecule has 116 valence electrons. The molecule has 1 nitrogen and oxygen atoms in total. The predicted molar refractivity (Wildman–Crippen MR) is 95.8 cm³/mol. The lowest BCUT2D eigenvalue weighted by atomic mass is 9.94. The lowest BCUT2D eigenvalue weighted by molar-refractivity contribution is 0.348. The zero-order valence-electron chi connectivity index (χ0n) is 13.2. The molecule has 0 spiro atoms. The first-order valence-electron chi connectivity index (χ1n) is 7.59. The van der Waals surface area contributed by atoms with Crippen molar-refractivity contribution in [2.45, 2.75) is 37.7 Å². The van der Waals surface area contributed by atoms with E-state index in [1.54, 1.807) is 0 Å². The number of alkyl halides is 2. The quantitative estimate of drug-likeness (QED) is 0.508. The van der Waals surface area contributed by atoms with Crippen molar-refractivity contribution in [1.82, 2.24) is 5.32 Å². The van der Waals surface area contributed by atoms with Gasteiger partial charge in [-0.15, -0.1) is 11.6 Å². The molecule has 22 heavy (non-hydrogen) atoms. The van der Waals surface area contributed by atoms with Gasteiger partial charge in [0.1, 0.15) is 5.00 Å². The van der Waals surface area contributed by atoms with E-state index < -0.39 is 5.00 Å². The summed E-state index contributed by atoms with van der Waals surface area (Å²) in [6.45, 7) is 6.32. The summed E-state index contributed by atoms with van der Waals surface area (Å²) in [5, 5.41) is 3.49. The third-order valence-corrected chi connectivity index (χ3v) is 5.00. The van der Waals surface area contributed by atoms with Crippen molar-refractivity contribution in [1.29, 1.82) is 0 Å². The monoisotopic (exact) mass is 333 g/mol. The van der Waals surface area contributed by atoms with E-state index in [0.717, 1.165) is 12.0 Å². The molecule has 2 aromatic rings. The van der Waals surface area contributed by atoms with Gasteiger partial charge < -0.3 is 0 Å². The Morgan fingerprint density at radius 2 is 1.68 bits per heavy atom. The minimum Gasteiger partial charge on any atom is -0.289 e. The van der Waals surface area contributed by atoms with Gasteiger partial charge >= 0.3 is 0 Å². The summed E-state index contributed by atoms with van der Waals surface area (Å²) in [5.74, 6) is 0.318. The molecule has 0 aliphatic heterocycles. The van der Waals surface area contributed by atoms with Crippen LogP contribution in [0.15, 0.2) is 42.5 Å². The number of halogens is 2. The van der Waals surface area contributed by atoms with Crippen molar-refractivity contribution in [3.63, 3.8) is 0 Å². The molecule has 2 aromatic carbocycles. The van der Waals surface area contributed by atoms with E-state index in [1.807, 2.05) is 0 Å². The molecule has 0 aromatic heterocycles. The van der Waals surface area contributed by atoms with Crippen LogP contribution >= 0.6 is 23.2 Å². The SMILES string of the molecule is CC(C)(C)NC(Cl)(CCl)c1cccc2c1Cc1ccccc1-2. The number of rotatable bonds is 3. The van der Waals surface area contributed by atoms with Crippen molar-refractivity contribution in [2.75, 3.05) is 5.88 Å². The molecule has 3 heteroatoms. The standard InChI is InChI=1S/C19H21Cl2N/c1-18(2,3)22-19(21,12-20)17-10-6-9-15-14-8-5-4-7-13(14)11-16(15)17/h4-10,22H,11-12H2,1-3H3. The number of benzene rings is 2. The van der Waals surface area contributed by atoms with E-state index >= 15 is 0 Å². The lowest BCUT2D eigenvalue weighted by Crippen LogP contribution is -2.50. The second-order valence-electron chi connectivity index (χ2n) is 6.98. The molecule has 0 heterocycles. The highest BCUT2D eigenvalue weighted by molar-refractivity contribution is 6.30. The molecular formula is C19H21Cl2N. The molecule has 0 amide bonds. The van der Waals surface area contributed by atoms with Gasteiger partial charge in [0.2, 0.25) is 0 Å². The molecule has 0 saturated heterocycles. The first kappa shape index (κ1) is 15.9. The van der Waals surface area contributed by atoms with E-state index in [9.17, 15) is 0 Å². The van der Waals surface area contributed by atoms with Gasteiger partial charge in [-0.25, -0.2) is 0 Å². The number of nitrogens with one attached hydrogen (secondary N) is 1. The normalized spacial score (nSPS) is 16.0. The Morgan fingerprint density at radius 1 is 1.00 bits per heavy atom. The van der Waals surface area contributed by atoms with Crippen LogP contribution in [0.25, 0.3) is 11.1 Å². The Kier molecular flexibility index (Phi) is 4.01. The van der Waals surface area contributed by atoms with E-state index in [4.69, 9.17) is 23.2 Å². The second kappa shape index (κ2) is 5.56. The van der Waals surface area contributed by atoms with Gasteiger partial charge in [-0.05, 0) is 55.0 Å². The molecule has 0 fully saturated rings. The maximum Gasteiger partial charge on any atom is 0.133 e. The largest absolute Gasteiger partial charge is 0.289 e. The molecular weight excluding hydrogens is 313 g/mol. The van der Waals surface area contributed by atoms with Crippen molar-refractivity contribution in [3.05, 3.63) is 59.2 Å². The predicted octanol–water partition coefficient (Wildman–Crippen LogP) is 5.28. The van der Waals surface area contributed by atoms with E-state index in [2.05, 4.69) is 68.6 Å². The van der Waals surface area contributed by atoms with Gasteiger partial charge in [0.15, 0.2) is 0 Å². The van der Waals surface area contributed by atoms with Gasteiger partial charge in [0.05, 0.1) is 5.88 Å². The Labute approximate surface area is 142 Å². The number of hydrogen-bond acceptors (Lipinski definition) is 1. The minimum atomic E-state index is -0.757. The summed E-state index contributed by atoms with van der Waals surface area (Å²) in [6, 6.07) is 14.9. The number of hydrogen-bond donors (Lipinski definition) is 1. The summed E-state index contributed by atoms with van der Waals surface area (Å²) in [5.41, 5.74) is 6.20. The Balaban J connectivity index is 2.11. The maximum absolute atomic E-state index is 6.92. The molecule has 1 N–H and O–H groups in total. The minimum absolute atomic E-state index is 0.120. The van der Waals surface area contributed by atoms with Gasteiger partial charge in [-0.2, -0.15) is 0 Å². The van der Waals surface area contributed by atoms with Crippen LogP contribution in [-0.4, -0.2) is 11.4 Å². The molecule has 1 atom stereocenters. The van der Waals surface area contributed by atoms with E-state index in [0.29, 0.717) is 5.88 Å². The third kappa shape index (κ3) is 2.78. The first-order valence-corrected chi connectivity index (χ1v) is 8.50. The Morgan fingerprint density at radius 3 is 2.36 bits per heavy atom. The van der Waals surface area contributed by atoms with E-state index in [1.165, 1.54) is 22.3 Å². The van der Waals surface area contributed by atoms with Crippen LogP contribution in [0, 0.1) is 0 Å². The summed E-state index contributed by atoms with van der Waals surface area (Å²) in [4.78, 5) is -0.757. The van der Waals surface area contributed by atoms with Crippen LogP contribution < -0.4 is 5.32 Å². The average Bonchev–Trinajstić information content (AvgIpc) is 2.83. The highest BCUT2D eigenvalue weighted by atomic mass is 35.5. The van der Waals surface area contributed by atoms with Gasteiger partial charge in [0.25, 0.3) is 0 Å². The molecule has 0 radical (unpaired) electrons. The molecule has 1 aliphatic carbocycles. The molecule has 0 saturated carbocycles. The number of fused-ring (bicyclic) bond motifs is 3. The van der Waals surface area contributed by atoms with Crippen LogP contribution in [0.2, 0.25) is 0 Å². The molecule has 3 rings (SSSR count). The fraction of sp³-hybridized carbons (Fsp3) is 0.368.